The molecule has 0 saturated carbocycles. The number of nitrogens with one attached hydrogen (secondary N) is 1. The van der Waals surface area contributed by atoms with Crippen LogP contribution in [0.15, 0.2) is 59.5 Å². The minimum atomic E-state index is -0.993. The lowest BCUT2D eigenvalue weighted by atomic mass is 10.0. The first-order valence-electron chi connectivity index (χ1n) is 8.99. The highest BCUT2D eigenvalue weighted by molar-refractivity contribution is 7.98. The van der Waals surface area contributed by atoms with Crippen LogP contribution in [0.4, 0.5) is 5.69 Å². The van der Waals surface area contributed by atoms with E-state index in [0.29, 0.717) is 0 Å². The van der Waals surface area contributed by atoms with Gasteiger partial charge in [-0.3, -0.25) is 14.4 Å². The SMILES string of the molecule is CSc1ccc(N2CC(C(=O)NC(CC(=O)O)c3ccccc3)CC2=O)cc1. The number of rotatable bonds is 7. The van der Waals surface area contributed by atoms with Gasteiger partial charge in [-0.1, -0.05) is 30.3 Å². The number of nitrogens with zero attached hydrogens (tertiary/aromatic N) is 1. The van der Waals surface area contributed by atoms with Gasteiger partial charge >= 0.3 is 5.97 Å². The van der Waals surface area contributed by atoms with Gasteiger partial charge in [-0.2, -0.15) is 0 Å². The largest absolute Gasteiger partial charge is 0.481 e. The third kappa shape index (κ3) is 4.72. The predicted molar refractivity (Wildman–Crippen MR) is 108 cm³/mol. The molecule has 2 amide bonds. The summed E-state index contributed by atoms with van der Waals surface area (Å²) in [6.07, 6.45) is 1.89. The van der Waals surface area contributed by atoms with Crippen LogP contribution in [0.3, 0.4) is 0 Å². The van der Waals surface area contributed by atoms with Crippen molar-refractivity contribution in [3.05, 3.63) is 60.2 Å². The summed E-state index contributed by atoms with van der Waals surface area (Å²) in [6.45, 7) is 0.290. The quantitative estimate of drug-likeness (QED) is 0.700. The number of carboxylic acids is 1. The first-order chi connectivity index (χ1) is 13.5. The van der Waals surface area contributed by atoms with E-state index in [1.165, 1.54) is 0 Å². The molecule has 0 radical (unpaired) electrons. The van der Waals surface area contributed by atoms with E-state index in [0.717, 1.165) is 16.1 Å². The van der Waals surface area contributed by atoms with Crippen molar-refractivity contribution in [2.24, 2.45) is 5.92 Å². The summed E-state index contributed by atoms with van der Waals surface area (Å²) in [4.78, 5) is 39.1. The van der Waals surface area contributed by atoms with Crippen LogP contribution in [0.25, 0.3) is 0 Å². The van der Waals surface area contributed by atoms with Crippen molar-refractivity contribution in [1.82, 2.24) is 5.32 Å². The molecule has 7 heteroatoms. The Kier molecular flexibility index (Phi) is 6.36. The summed E-state index contributed by atoms with van der Waals surface area (Å²) in [6, 6.07) is 16.0. The zero-order valence-corrected chi connectivity index (χ0v) is 16.3. The Morgan fingerprint density at radius 2 is 1.86 bits per heavy atom. The molecule has 2 N–H and O–H groups in total. The zero-order chi connectivity index (χ0) is 20.1. The van der Waals surface area contributed by atoms with Crippen molar-refractivity contribution in [2.45, 2.75) is 23.8 Å². The lowest BCUT2D eigenvalue weighted by molar-refractivity contribution is -0.138. The van der Waals surface area contributed by atoms with Crippen molar-refractivity contribution >= 4 is 35.2 Å². The van der Waals surface area contributed by atoms with Gasteiger partial charge in [0.25, 0.3) is 0 Å². The van der Waals surface area contributed by atoms with Crippen LogP contribution in [0, 0.1) is 5.92 Å². The van der Waals surface area contributed by atoms with Crippen molar-refractivity contribution in [1.29, 1.82) is 0 Å². The van der Waals surface area contributed by atoms with Crippen molar-refractivity contribution in [2.75, 3.05) is 17.7 Å². The van der Waals surface area contributed by atoms with Crippen LogP contribution in [0.1, 0.15) is 24.4 Å². The highest BCUT2D eigenvalue weighted by Gasteiger charge is 2.36. The van der Waals surface area contributed by atoms with E-state index < -0.39 is 17.9 Å². The lowest BCUT2D eigenvalue weighted by Gasteiger charge is -2.20. The molecule has 2 aromatic rings. The fourth-order valence-electron chi connectivity index (χ4n) is 3.30. The third-order valence-corrected chi connectivity index (χ3v) is 5.52. The molecule has 1 aliphatic rings. The van der Waals surface area contributed by atoms with E-state index in [1.807, 2.05) is 36.6 Å². The van der Waals surface area contributed by atoms with Crippen LogP contribution < -0.4 is 10.2 Å². The van der Waals surface area contributed by atoms with Crippen LogP contribution in [0.2, 0.25) is 0 Å². The molecule has 6 nitrogen and oxygen atoms in total. The summed E-state index contributed by atoms with van der Waals surface area (Å²) in [7, 11) is 0. The van der Waals surface area contributed by atoms with E-state index in [2.05, 4.69) is 5.32 Å². The molecule has 2 unspecified atom stereocenters. The molecule has 146 valence electrons. The van der Waals surface area contributed by atoms with Gasteiger partial charge in [-0.25, -0.2) is 0 Å². The number of carboxylic acid groups (broad SMARTS) is 1. The molecular formula is C21H22N2O4S. The second-order valence-corrected chi connectivity index (χ2v) is 7.55. The van der Waals surface area contributed by atoms with Gasteiger partial charge in [0, 0.05) is 23.5 Å². The molecular weight excluding hydrogens is 376 g/mol. The number of benzene rings is 2. The van der Waals surface area contributed by atoms with E-state index in [-0.39, 0.29) is 31.2 Å². The van der Waals surface area contributed by atoms with E-state index in [9.17, 15) is 19.5 Å². The number of amides is 2. The average Bonchev–Trinajstić information content (AvgIpc) is 3.09. The van der Waals surface area contributed by atoms with Gasteiger partial charge in [-0.05, 0) is 36.1 Å². The topological polar surface area (TPSA) is 86.7 Å². The van der Waals surface area contributed by atoms with Gasteiger partial charge in [0.2, 0.25) is 11.8 Å². The Balaban J connectivity index is 1.69. The Morgan fingerprint density at radius 1 is 1.18 bits per heavy atom. The minimum absolute atomic E-state index is 0.105. The number of hydrogen-bond acceptors (Lipinski definition) is 4. The molecule has 2 atom stereocenters. The van der Waals surface area contributed by atoms with Gasteiger partial charge in [0.1, 0.15) is 0 Å². The normalized spacial score (nSPS) is 17.4. The fourth-order valence-corrected chi connectivity index (χ4v) is 3.70. The fraction of sp³-hybridized carbons (Fsp3) is 0.286. The number of anilines is 1. The number of hydrogen-bond donors (Lipinski definition) is 2. The van der Waals surface area contributed by atoms with Crippen molar-refractivity contribution < 1.29 is 19.5 Å². The first-order valence-corrected chi connectivity index (χ1v) is 10.2. The molecule has 0 bridgehead atoms. The van der Waals surface area contributed by atoms with Gasteiger partial charge < -0.3 is 15.3 Å². The maximum Gasteiger partial charge on any atom is 0.305 e. The second-order valence-electron chi connectivity index (χ2n) is 6.67. The van der Waals surface area contributed by atoms with Crippen molar-refractivity contribution in [3.63, 3.8) is 0 Å². The smallest absolute Gasteiger partial charge is 0.305 e. The zero-order valence-electron chi connectivity index (χ0n) is 15.5. The molecule has 2 aromatic carbocycles. The summed E-state index contributed by atoms with van der Waals surface area (Å²) in [5, 5.41) is 12.0. The molecule has 0 aliphatic carbocycles. The van der Waals surface area contributed by atoms with Crippen LogP contribution in [-0.2, 0) is 14.4 Å². The Hall–Kier alpha value is -2.80. The summed E-state index contributed by atoms with van der Waals surface area (Å²) >= 11 is 1.62. The van der Waals surface area contributed by atoms with Gasteiger partial charge in [0.15, 0.2) is 0 Å². The van der Waals surface area contributed by atoms with Crippen LogP contribution in [-0.4, -0.2) is 35.7 Å². The summed E-state index contributed by atoms with van der Waals surface area (Å²) < 4.78 is 0. The molecule has 28 heavy (non-hydrogen) atoms. The molecule has 1 heterocycles. The Labute approximate surface area is 167 Å². The average molecular weight is 398 g/mol. The highest BCUT2D eigenvalue weighted by Crippen LogP contribution is 2.28. The molecule has 0 spiro atoms. The number of carbonyl (C=O) groups excluding carboxylic acids is 2. The maximum absolute atomic E-state index is 12.7. The summed E-state index contributed by atoms with van der Waals surface area (Å²) in [5.41, 5.74) is 1.50. The monoisotopic (exact) mass is 398 g/mol. The van der Waals surface area contributed by atoms with E-state index >= 15 is 0 Å². The summed E-state index contributed by atoms with van der Waals surface area (Å²) in [5.74, 6) is -1.90. The predicted octanol–water partition coefficient (Wildman–Crippen LogP) is 3.09. The highest BCUT2D eigenvalue weighted by atomic mass is 32.2. The van der Waals surface area contributed by atoms with E-state index in [4.69, 9.17) is 0 Å². The van der Waals surface area contributed by atoms with Crippen LogP contribution >= 0.6 is 11.8 Å². The van der Waals surface area contributed by atoms with Gasteiger partial charge in [-0.15, -0.1) is 11.8 Å². The van der Waals surface area contributed by atoms with Crippen LogP contribution in [0.5, 0.6) is 0 Å². The molecule has 1 fully saturated rings. The Bertz CT molecular complexity index is 854. The maximum atomic E-state index is 12.7. The second kappa shape index (κ2) is 8.93. The number of aliphatic carboxylic acids is 1. The van der Waals surface area contributed by atoms with Gasteiger partial charge in [0.05, 0.1) is 18.4 Å². The van der Waals surface area contributed by atoms with Crippen molar-refractivity contribution in [3.8, 4) is 0 Å². The molecule has 3 rings (SSSR count). The van der Waals surface area contributed by atoms with E-state index in [1.54, 1.807) is 40.9 Å². The molecule has 0 aromatic heterocycles. The third-order valence-electron chi connectivity index (χ3n) is 4.78. The standard InChI is InChI=1S/C21H22N2O4S/c1-28-17-9-7-16(8-10-17)23-13-15(11-19(23)24)21(27)22-18(12-20(25)26)14-5-3-2-4-6-14/h2-10,15,18H,11-13H2,1H3,(H,22,27)(H,25,26). The Morgan fingerprint density at radius 3 is 2.46 bits per heavy atom. The number of thioether (sulfide) groups is 1. The lowest BCUT2D eigenvalue weighted by Crippen LogP contribution is -2.36. The molecule has 1 aliphatic heterocycles. The minimum Gasteiger partial charge on any atom is -0.481 e. The number of carbonyl (C=O) groups is 3. The molecule has 1 saturated heterocycles. The first kappa shape index (κ1) is 19.9.